The fourth-order valence-corrected chi connectivity index (χ4v) is 1.90. The standard InChI is InChI=1S/C13H14N2O2/c1-2-3-4-8-14-9-7-11-10-12(15(16)17)5-6-13(11)14/h2,5-7,9-10H,1,3-4,8H2. The molecule has 0 saturated heterocycles. The molecule has 0 N–H and O–H groups in total. The van der Waals surface area contributed by atoms with Crippen LogP contribution >= 0.6 is 0 Å². The van der Waals surface area contributed by atoms with Crippen molar-refractivity contribution in [3.8, 4) is 0 Å². The fraction of sp³-hybridized carbons (Fsp3) is 0.231. The summed E-state index contributed by atoms with van der Waals surface area (Å²) in [7, 11) is 0. The Morgan fingerprint density at radius 2 is 2.24 bits per heavy atom. The zero-order valence-corrected chi connectivity index (χ0v) is 9.50. The van der Waals surface area contributed by atoms with Gasteiger partial charge in [-0.3, -0.25) is 10.1 Å². The van der Waals surface area contributed by atoms with E-state index in [-0.39, 0.29) is 10.6 Å². The van der Waals surface area contributed by atoms with Crippen LogP contribution in [0.4, 0.5) is 5.69 Å². The largest absolute Gasteiger partial charge is 0.347 e. The molecule has 0 aliphatic heterocycles. The number of rotatable bonds is 5. The molecule has 1 aromatic heterocycles. The highest BCUT2D eigenvalue weighted by molar-refractivity contribution is 5.82. The summed E-state index contributed by atoms with van der Waals surface area (Å²) in [5.74, 6) is 0. The molecule has 0 bridgehead atoms. The number of nitrogens with zero attached hydrogens (tertiary/aromatic N) is 2. The number of hydrogen-bond acceptors (Lipinski definition) is 2. The number of fused-ring (bicyclic) bond motifs is 1. The second-order valence-corrected chi connectivity index (χ2v) is 3.94. The van der Waals surface area contributed by atoms with Crippen LogP contribution in [0.3, 0.4) is 0 Å². The lowest BCUT2D eigenvalue weighted by Crippen LogP contribution is -1.95. The maximum Gasteiger partial charge on any atom is 0.270 e. The number of nitro benzene ring substituents is 1. The molecule has 0 amide bonds. The molecule has 0 radical (unpaired) electrons. The van der Waals surface area contributed by atoms with Crippen molar-refractivity contribution in [2.75, 3.05) is 0 Å². The van der Waals surface area contributed by atoms with Crippen LogP contribution in [0.15, 0.2) is 43.1 Å². The number of hydrogen-bond donors (Lipinski definition) is 0. The average Bonchev–Trinajstić information content (AvgIpc) is 2.72. The lowest BCUT2D eigenvalue weighted by Gasteiger charge is -2.03. The molecule has 4 nitrogen and oxygen atoms in total. The highest BCUT2D eigenvalue weighted by Gasteiger charge is 2.08. The van der Waals surface area contributed by atoms with Gasteiger partial charge in [-0.1, -0.05) is 6.08 Å². The SMILES string of the molecule is C=CCCCn1ccc2cc([N+](=O)[O-])ccc21. The smallest absolute Gasteiger partial charge is 0.270 e. The second-order valence-electron chi connectivity index (χ2n) is 3.94. The van der Waals surface area contributed by atoms with Gasteiger partial charge in [0.05, 0.1) is 4.92 Å². The monoisotopic (exact) mass is 230 g/mol. The van der Waals surface area contributed by atoms with Crippen LogP contribution < -0.4 is 0 Å². The third kappa shape index (κ3) is 2.36. The van der Waals surface area contributed by atoms with Crippen LogP contribution in [0.5, 0.6) is 0 Å². The van der Waals surface area contributed by atoms with Gasteiger partial charge in [0.25, 0.3) is 5.69 Å². The molecule has 0 fully saturated rings. The predicted octanol–water partition coefficient (Wildman–Crippen LogP) is 3.52. The first-order valence-corrected chi connectivity index (χ1v) is 5.56. The number of aryl methyl sites for hydroxylation is 1. The minimum Gasteiger partial charge on any atom is -0.347 e. The van der Waals surface area contributed by atoms with Crippen LogP contribution in [0.1, 0.15) is 12.8 Å². The first-order valence-electron chi connectivity index (χ1n) is 5.56. The van der Waals surface area contributed by atoms with E-state index in [0.717, 1.165) is 30.3 Å². The van der Waals surface area contributed by atoms with Gasteiger partial charge in [-0.25, -0.2) is 0 Å². The number of allylic oxidation sites excluding steroid dienone is 1. The maximum atomic E-state index is 10.6. The van der Waals surface area contributed by atoms with Gasteiger partial charge in [0.2, 0.25) is 0 Å². The summed E-state index contributed by atoms with van der Waals surface area (Å²) in [5, 5.41) is 11.6. The summed E-state index contributed by atoms with van der Waals surface area (Å²) in [6, 6.07) is 6.88. The second kappa shape index (κ2) is 4.82. The van der Waals surface area contributed by atoms with Gasteiger partial charge >= 0.3 is 0 Å². The normalized spacial score (nSPS) is 10.6. The van der Waals surface area contributed by atoms with Crippen molar-refractivity contribution in [2.24, 2.45) is 0 Å². The summed E-state index contributed by atoms with van der Waals surface area (Å²) in [6.45, 7) is 4.60. The molecule has 2 aromatic rings. The summed E-state index contributed by atoms with van der Waals surface area (Å²) in [4.78, 5) is 10.3. The summed E-state index contributed by atoms with van der Waals surface area (Å²) in [6.07, 6.45) is 5.88. The number of aromatic nitrogens is 1. The molecular weight excluding hydrogens is 216 g/mol. The van der Waals surface area contributed by atoms with Gasteiger partial charge in [0, 0.05) is 35.8 Å². The molecule has 0 atom stereocenters. The van der Waals surface area contributed by atoms with Gasteiger partial charge < -0.3 is 4.57 Å². The average molecular weight is 230 g/mol. The Kier molecular flexibility index (Phi) is 3.23. The van der Waals surface area contributed by atoms with Crippen LogP contribution in [-0.4, -0.2) is 9.49 Å². The fourth-order valence-electron chi connectivity index (χ4n) is 1.90. The molecule has 1 heterocycles. The predicted molar refractivity (Wildman–Crippen MR) is 68.0 cm³/mol. The Balaban J connectivity index is 2.28. The van der Waals surface area contributed by atoms with E-state index in [0.29, 0.717) is 0 Å². The molecule has 4 heteroatoms. The van der Waals surface area contributed by atoms with E-state index in [1.807, 2.05) is 18.3 Å². The van der Waals surface area contributed by atoms with E-state index in [2.05, 4.69) is 11.1 Å². The summed E-state index contributed by atoms with van der Waals surface area (Å²) < 4.78 is 2.11. The highest BCUT2D eigenvalue weighted by atomic mass is 16.6. The molecule has 0 aliphatic carbocycles. The Bertz CT molecular complexity index is 558. The maximum absolute atomic E-state index is 10.6. The first-order chi connectivity index (χ1) is 8.22. The Morgan fingerprint density at radius 1 is 1.41 bits per heavy atom. The topological polar surface area (TPSA) is 48.1 Å². The Hall–Kier alpha value is -2.10. The molecule has 0 spiro atoms. The lowest BCUT2D eigenvalue weighted by atomic mass is 10.2. The highest BCUT2D eigenvalue weighted by Crippen LogP contribution is 2.22. The zero-order chi connectivity index (χ0) is 12.3. The van der Waals surface area contributed by atoms with Crippen molar-refractivity contribution in [2.45, 2.75) is 19.4 Å². The van der Waals surface area contributed by atoms with Crippen LogP contribution in [0.25, 0.3) is 10.9 Å². The molecule has 88 valence electrons. The first kappa shape index (κ1) is 11.4. The van der Waals surface area contributed by atoms with Gasteiger partial charge in [0.15, 0.2) is 0 Å². The van der Waals surface area contributed by atoms with Gasteiger partial charge in [-0.15, -0.1) is 6.58 Å². The van der Waals surface area contributed by atoms with E-state index in [1.165, 1.54) is 0 Å². The minimum atomic E-state index is -0.367. The lowest BCUT2D eigenvalue weighted by molar-refractivity contribution is -0.384. The number of benzene rings is 1. The van der Waals surface area contributed by atoms with Crippen LogP contribution in [0, 0.1) is 10.1 Å². The summed E-state index contributed by atoms with van der Waals surface area (Å²) >= 11 is 0. The molecular formula is C13H14N2O2. The Morgan fingerprint density at radius 3 is 2.94 bits per heavy atom. The van der Waals surface area contributed by atoms with Crippen LogP contribution in [0.2, 0.25) is 0 Å². The van der Waals surface area contributed by atoms with E-state index in [1.54, 1.807) is 18.2 Å². The quantitative estimate of drug-likeness (QED) is 0.341. The Labute approximate surface area is 99.3 Å². The summed E-state index contributed by atoms with van der Waals surface area (Å²) in [5.41, 5.74) is 1.18. The van der Waals surface area contributed by atoms with E-state index in [9.17, 15) is 10.1 Å². The van der Waals surface area contributed by atoms with Crippen molar-refractivity contribution in [3.63, 3.8) is 0 Å². The van der Waals surface area contributed by atoms with Crippen molar-refractivity contribution in [3.05, 3.63) is 53.2 Å². The van der Waals surface area contributed by atoms with Crippen molar-refractivity contribution < 1.29 is 4.92 Å². The minimum absolute atomic E-state index is 0.140. The number of nitro groups is 1. The number of non-ortho nitro benzene ring substituents is 1. The molecule has 0 saturated carbocycles. The van der Waals surface area contributed by atoms with Crippen molar-refractivity contribution >= 4 is 16.6 Å². The van der Waals surface area contributed by atoms with Gasteiger partial charge in [-0.05, 0) is 25.0 Å². The van der Waals surface area contributed by atoms with Gasteiger partial charge in [0.1, 0.15) is 0 Å². The molecule has 17 heavy (non-hydrogen) atoms. The third-order valence-electron chi connectivity index (χ3n) is 2.77. The van der Waals surface area contributed by atoms with E-state index in [4.69, 9.17) is 0 Å². The molecule has 1 aromatic carbocycles. The number of unbranched alkanes of at least 4 members (excludes halogenated alkanes) is 1. The van der Waals surface area contributed by atoms with Gasteiger partial charge in [-0.2, -0.15) is 0 Å². The van der Waals surface area contributed by atoms with Crippen LogP contribution in [-0.2, 0) is 6.54 Å². The van der Waals surface area contributed by atoms with Crippen molar-refractivity contribution in [1.82, 2.24) is 4.57 Å². The molecule has 2 rings (SSSR count). The van der Waals surface area contributed by atoms with Crippen molar-refractivity contribution in [1.29, 1.82) is 0 Å². The third-order valence-corrected chi connectivity index (χ3v) is 2.77. The van der Waals surface area contributed by atoms with E-state index < -0.39 is 0 Å². The molecule has 0 aliphatic rings. The molecule has 0 unspecified atom stereocenters. The zero-order valence-electron chi connectivity index (χ0n) is 9.50. The van der Waals surface area contributed by atoms with E-state index >= 15 is 0 Å².